The molecule has 2 atom stereocenters. The van der Waals surface area contributed by atoms with Gasteiger partial charge in [0.1, 0.15) is 11.8 Å². The second-order valence-electron chi connectivity index (χ2n) is 7.02. The first-order valence-corrected chi connectivity index (χ1v) is 9.24. The summed E-state index contributed by atoms with van der Waals surface area (Å²) in [5, 5.41) is 20.0. The molecule has 0 aromatic heterocycles. The first kappa shape index (κ1) is 24.0. The number of ether oxygens (including phenoxy) is 1. The second kappa shape index (κ2) is 9.69. The summed E-state index contributed by atoms with van der Waals surface area (Å²) in [6.07, 6.45) is -6.33. The molecule has 1 unspecified atom stereocenters. The van der Waals surface area contributed by atoms with Crippen molar-refractivity contribution in [2.24, 2.45) is 10.7 Å². The number of carbonyl (C=O) groups excluding carboxylic acids is 1. The number of guanidine groups is 1. The number of hydrogen-bond donors (Lipinski definition) is 5. The van der Waals surface area contributed by atoms with Crippen LogP contribution in [0.2, 0.25) is 0 Å². The molecule has 1 aromatic carbocycles. The van der Waals surface area contributed by atoms with E-state index < -0.39 is 35.8 Å². The molecule has 0 saturated carbocycles. The van der Waals surface area contributed by atoms with E-state index >= 15 is 0 Å². The molecular formula is C19H23F3N4O5. The summed E-state index contributed by atoms with van der Waals surface area (Å²) in [6, 6.07) is 1.78. The predicted molar refractivity (Wildman–Crippen MR) is 105 cm³/mol. The van der Waals surface area contributed by atoms with Crippen molar-refractivity contribution in [3.05, 3.63) is 34.4 Å². The molecule has 9 nitrogen and oxygen atoms in total. The monoisotopic (exact) mass is 444 g/mol. The minimum atomic E-state index is -4.89. The lowest BCUT2D eigenvalue weighted by Crippen LogP contribution is -2.47. The molecule has 2 rings (SSSR count). The number of carbonyl (C=O) groups is 2. The number of nitrogens with one attached hydrogen (secondary N) is 2. The lowest BCUT2D eigenvalue weighted by atomic mass is 9.96. The van der Waals surface area contributed by atoms with Gasteiger partial charge in [-0.15, -0.1) is 0 Å². The Morgan fingerprint density at radius 2 is 2.00 bits per heavy atom. The molecule has 31 heavy (non-hydrogen) atoms. The van der Waals surface area contributed by atoms with Crippen LogP contribution in [0.25, 0.3) is 6.08 Å². The van der Waals surface area contributed by atoms with Crippen molar-refractivity contribution in [2.75, 3.05) is 6.54 Å². The normalized spacial score (nSPS) is 17.2. The first-order valence-electron chi connectivity index (χ1n) is 9.24. The van der Waals surface area contributed by atoms with Crippen molar-refractivity contribution >= 4 is 23.9 Å². The minimum Gasteiger partial charge on any atom is -0.480 e. The van der Waals surface area contributed by atoms with Gasteiger partial charge in [0.2, 0.25) is 12.1 Å². The van der Waals surface area contributed by atoms with Gasteiger partial charge in [0.15, 0.2) is 0 Å². The van der Waals surface area contributed by atoms with Gasteiger partial charge >= 0.3 is 12.1 Å². The summed E-state index contributed by atoms with van der Waals surface area (Å²) in [6.45, 7) is 3.38. The van der Waals surface area contributed by atoms with E-state index in [1.165, 1.54) is 0 Å². The lowest BCUT2D eigenvalue weighted by Gasteiger charge is -2.30. The van der Waals surface area contributed by atoms with Gasteiger partial charge in [-0.2, -0.15) is 13.2 Å². The Labute approximate surface area is 175 Å². The Kier molecular flexibility index (Phi) is 7.50. The molecule has 6 N–H and O–H groups in total. The zero-order valence-corrected chi connectivity index (χ0v) is 16.8. The summed E-state index contributed by atoms with van der Waals surface area (Å²) in [5.41, 5.74) is 7.64. The van der Waals surface area contributed by atoms with Crippen molar-refractivity contribution in [3.63, 3.8) is 0 Å². The topological polar surface area (TPSA) is 146 Å². The number of benzene rings is 1. The van der Waals surface area contributed by atoms with Crippen molar-refractivity contribution < 1.29 is 37.8 Å². The maximum atomic E-state index is 13.6. The second-order valence-corrected chi connectivity index (χ2v) is 7.02. The number of rotatable bonds is 7. The highest BCUT2D eigenvalue weighted by molar-refractivity contribution is 6.01. The van der Waals surface area contributed by atoms with E-state index in [0.29, 0.717) is 11.1 Å². The van der Waals surface area contributed by atoms with E-state index in [1.54, 1.807) is 31.5 Å². The molecule has 0 aliphatic carbocycles. The molecule has 0 bridgehead atoms. The van der Waals surface area contributed by atoms with E-state index in [2.05, 4.69) is 10.3 Å². The van der Waals surface area contributed by atoms with E-state index in [1.807, 2.05) is 0 Å². The van der Waals surface area contributed by atoms with Gasteiger partial charge in [-0.25, -0.2) is 10.3 Å². The maximum absolute atomic E-state index is 13.6. The average molecular weight is 444 g/mol. The fourth-order valence-corrected chi connectivity index (χ4v) is 3.14. The van der Waals surface area contributed by atoms with Crippen molar-refractivity contribution in [3.8, 4) is 5.75 Å². The third kappa shape index (κ3) is 6.10. The molecular weight excluding hydrogens is 421 g/mol. The maximum Gasteiger partial charge on any atom is 0.429 e. The highest BCUT2D eigenvalue weighted by Crippen LogP contribution is 2.39. The largest absolute Gasteiger partial charge is 0.480 e. The van der Waals surface area contributed by atoms with E-state index in [4.69, 9.17) is 15.7 Å². The summed E-state index contributed by atoms with van der Waals surface area (Å²) >= 11 is 0. The molecule has 12 heteroatoms. The highest BCUT2D eigenvalue weighted by Gasteiger charge is 2.48. The number of hydrogen-bond acceptors (Lipinski definition) is 5. The van der Waals surface area contributed by atoms with Crippen LogP contribution in [0.4, 0.5) is 13.2 Å². The van der Waals surface area contributed by atoms with Gasteiger partial charge in [-0.3, -0.25) is 15.0 Å². The first-order chi connectivity index (χ1) is 14.4. The number of aryl methyl sites for hydroxylation is 2. The highest BCUT2D eigenvalue weighted by atomic mass is 19.4. The average Bonchev–Trinajstić information content (AvgIpc) is 2.67. The number of nitrogens with two attached hydrogens (primary N) is 1. The number of amides is 1. The van der Waals surface area contributed by atoms with Gasteiger partial charge in [-0.1, -0.05) is 11.6 Å². The number of carboxylic acid groups (broad SMARTS) is 1. The molecule has 0 radical (unpaired) electrons. The standard InChI is InChI=1S/C19H23F3N4O5/c1-9-6-10(2)14-11(7-9)8-12(15(31-14)19(20,21)22)16(27)25-13(17(28)29)4-3-5-24-18(23)26-30/h6-8,13,15,30H,3-5H2,1-2H3,(H,25,27)(H,28,29)(H3,23,24,26)/t13?,15-/m0/s1. The number of fused-ring (bicyclic) bond motifs is 1. The SMILES string of the molecule is Cc1cc(C)c2c(c1)C=C(C(=O)NC(CCCN=C(N)NO)C(=O)O)[C@@H](C(F)(F)F)O2. The summed E-state index contributed by atoms with van der Waals surface area (Å²) in [7, 11) is 0. The van der Waals surface area contributed by atoms with E-state index in [-0.39, 0.29) is 31.1 Å². The fourth-order valence-electron chi connectivity index (χ4n) is 3.14. The molecule has 1 aliphatic rings. The Morgan fingerprint density at radius 3 is 2.58 bits per heavy atom. The summed E-state index contributed by atoms with van der Waals surface area (Å²) in [5.74, 6) is -2.87. The molecule has 1 aromatic rings. The van der Waals surface area contributed by atoms with Crippen molar-refractivity contribution in [1.29, 1.82) is 0 Å². The Bertz CT molecular complexity index is 915. The Balaban J connectivity index is 2.26. The number of aliphatic carboxylic acids is 1. The molecule has 0 spiro atoms. The molecule has 170 valence electrons. The minimum absolute atomic E-state index is 0.0206. The number of alkyl halides is 3. The molecule has 0 fully saturated rings. The number of halogens is 3. The molecule has 1 amide bonds. The van der Waals surface area contributed by atoms with Crippen LogP contribution in [0.1, 0.15) is 29.5 Å². The fraction of sp³-hybridized carbons (Fsp3) is 0.421. The van der Waals surface area contributed by atoms with Gasteiger partial charge in [-0.05, 0) is 44.4 Å². The van der Waals surface area contributed by atoms with Crippen LogP contribution in [0.3, 0.4) is 0 Å². The number of aliphatic imine (C=N–C) groups is 1. The molecule has 1 aliphatic heterocycles. The van der Waals surface area contributed by atoms with Crippen LogP contribution in [0, 0.1) is 13.8 Å². The lowest BCUT2D eigenvalue weighted by molar-refractivity contribution is -0.185. The van der Waals surface area contributed by atoms with Crippen LogP contribution in [-0.4, -0.2) is 53.0 Å². The molecule has 0 saturated heterocycles. The quantitative estimate of drug-likeness (QED) is 0.186. The third-order valence-corrected chi connectivity index (χ3v) is 4.49. The van der Waals surface area contributed by atoms with Crippen LogP contribution in [0.15, 0.2) is 22.7 Å². The van der Waals surface area contributed by atoms with Gasteiger partial charge in [0, 0.05) is 12.1 Å². The van der Waals surface area contributed by atoms with E-state index in [0.717, 1.165) is 11.6 Å². The van der Waals surface area contributed by atoms with E-state index in [9.17, 15) is 27.9 Å². The Morgan fingerprint density at radius 1 is 1.32 bits per heavy atom. The molecule has 1 heterocycles. The zero-order valence-electron chi connectivity index (χ0n) is 16.8. The number of hydroxylamine groups is 1. The number of carboxylic acids is 1. The van der Waals surface area contributed by atoms with Crippen LogP contribution >= 0.6 is 0 Å². The van der Waals surface area contributed by atoms with Crippen molar-refractivity contribution in [1.82, 2.24) is 10.8 Å². The smallest absolute Gasteiger partial charge is 0.429 e. The zero-order chi connectivity index (χ0) is 23.3. The van der Waals surface area contributed by atoms with Crippen LogP contribution in [0.5, 0.6) is 5.75 Å². The van der Waals surface area contributed by atoms with Gasteiger partial charge in [0.05, 0.1) is 5.57 Å². The van der Waals surface area contributed by atoms with Crippen LogP contribution < -0.4 is 21.3 Å². The Hall–Kier alpha value is -3.28. The predicted octanol–water partition coefficient (Wildman–Crippen LogP) is 1.65. The van der Waals surface area contributed by atoms with Gasteiger partial charge < -0.3 is 20.9 Å². The van der Waals surface area contributed by atoms with Gasteiger partial charge in [0.25, 0.3) is 5.91 Å². The van der Waals surface area contributed by atoms with Crippen molar-refractivity contribution in [2.45, 2.75) is 45.0 Å². The van der Waals surface area contributed by atoms with Crippen LogP contribution in [-0.2, 0) is 9.59 Å². The summed E-state index contributed by atoms with van der Waals surface area (Å²) < 4.78 is 45.9. The summed E-state index contributed by atoms with van der Waals surface area (Å²) in [4.78, 5) is 27.8. The number of nitrogens with zero attached hydrogens (tertiary/aromatic N) is 1. The third-order valence-electron chi connectivity index (χ3n) is 4.49.